The van der Waals surface area contributed by atoms with Gasteiger partial charge in [0, 0.05) is 18.9 Å². The molecule has 1 amide bonds. The van der Waals surface area contributed by atoms with Crippen molar-refractivity contribution < 1.29 is 19.0 Å². The van der Waals surface area contributed by atoms with Crippen molar-refractivity contribution in [1.29, 1.82) is 0 Å². The summed E-state index contributed by atoms with van der Waals surface area (Å²) in [6.07, 6.45) is 1.04. The fourth-order valence-corrected chi connectivity index (χ4v) is 2.12. The van der Waals surface area contributed by atoms with E-state index in [9.17, 15) is 14.3 Å². The lowest BCUT2D eigenvalue weighted by atomic mass is 9.90. The number of ether oxygens (including phenoxy) is 1. The summed E-state index contributed by atoms with van der Waals surface area (Å²) in [4.78, 5) is 12.1. The molecule has 1 aliphatic heterocycles. The highest BCUT2D eigenvalue weighted by atomic mass is 19.1. The Balaban J connectivity index is 2.17. The minimum absolute atomic E-state index is 0.0827. The standard InChI is InChI=1S/C13H17FN2O3/c14-9-1-2-11(15)10(7-9)12(18)16-13(8-17)3-5-19-6-4-13/h1-2,7,17H,3-6,8,15H2,(H,16,18). The van der Waals surface area contributed by atoms with Crippen LogP contribution in [0.2, 0.25) is 0 Å². The fraction of sp³-hybridized carbons (Fsp3) is 0.462. The number of aliphatic hydroxyl groups excluding tert-OH is 1. The minimum Gasteiger partial charge on any atom is -0.398 e. The predicted octanol–water partition coefficient (Wildman–Crippen LogP) is 0.679. The van der Waals surface area contributed by atoms with Gasteiger partial charge >= 0.3 is 0 Å². The van der Waals surface area contributed by atoms with E-state index < -0.39 is 17.3 Å². The fourth-order valence-electron chi connectivity index (χ4n) is 2.12. The highest BCUT2D eigenvalue weighted by Gasteiger charge is 2.34. The van der Waals surface area contributed by atoms with Crippen molar-refractivity contribution in [3.63, 3.8) is 0 Å². The Morgan fingerprint density at radius 3 is 2.79 bits per heavy atom. The van der Waals surface area contributed by atoms with Crippen LogP contribution in [0.25, 0.3) is 0 Å². The number of aliphatic hydroxyl groups is 1. The number of amides is 1. The Morgan fingerprint density at radius 2 is 2.16 bits per heavy atom. The van der Waals surface area contributed by atoms with Crippen LogP contribution in [0.4, 0.5) is 10.1 Å². The van der Waals surface area contributed by atoms with Crippen LogP contribution in [0, 0.1) is 5.82 Å². The van der Waals surface area contributed by atoms with E-state index in [1.807, 2.05) is 0 Å². The molecule has 0 unspecified atom stereocenters. The molecule has 0 atom stereocenters. The van der Waals surface area contributed by atoms with E-state index in [4.69, 9.17) is 10.5 Å². The highest BCUT2D eigenvalue weighted by Crippen LogP contribution is 2.22. The van der Waals surface area contributed by atoms with Crippen molar-refractivity contribution in [2.24, 2.45) is 0 Å². The van der Waals surface area contributed by atoms with E-state index in [2.05, 4.69) is 5.32 Å². The monoisotopic (exact) mass is 268 g/mol. The van der Waals surface area contributed by atoms with Crippen LogP contribution in [-0.4, -0.2) is 36.4 Å². The van der Waals surface area contributed by atoms with Gasteiger partial charge in [0.15, 0.2) is 0 Å². The lowest BCUT2D eigenvalue weighted by molar-refractivity contribution is 0.0125. The van der Waals surface area contributed by atoms with Crippen LogP contribution in [0.1, 0.15) is 23.2 Å². The third kappa shape index (κ3) is 3.02. The molecule has 5 nitrogen and oxygen atoms in total. The molecule has 6 heteroatoms. The quantitative estimate of drug-likeness (QED) is 0.704. The summed E-state index contributed by atoms with van der Waals surface area (Å²) in [6, 6.07) is 3.64. The Labute approximate surface area is 110 Å². The number of halogens is 1. The second-order valence-corrected chi connectivity index (χ2v) is 4.74. The molecule has 0 spiro atoms. The van der Waals surface area contributed by atoms with Gasteiger partial charge in [-0.3, -0.25) is 4.79 Å². The first kappa shape index (κ1) is 13.8. The molecule has 0 saturated carbocycles. The Morgan fingerprint density at radius 1 is 1.47 bits per heavy atom. The number of hydrogen-bond acceptors (Lipinski definition) is 4. The van der Waals surface area contributed by atoms with Gasteiger partial charge in [-0.25, -0.2) is 4.39 Å². The van der Waals surface area contributed by atoms with Crippen molar-refractivity contribution in [1.82, 2.24) is 5.32 Å². The zero-order valence-corrected chi connectivity index (χ0v) is 10.5. The maximum Gasteiger partial charge on any atom is 0.253 e. The number of carbonyl (C=O) groups excluding carboxylic acids is 1. The van der Waals surface area contributed by atoms with E-state index in [0.29, 0.717) is 26.1 Å². The summed E-state index contributed by atoms with van der Waals surface area (Å²) in [6.45, 7) is 0.760. The Bertz CT molecular complexity index is 473. The van der Waals surface area contributed by atoms with Gasteiger partial charge in [-0.2, -0.15) is 0 Å². The maximum absolute atomic E-state index is 13.2. The molecule has 1 fully saturated rings. The van der Waals surface area contributed by atoms with Gasteiger partial charge in [0.2, 0.25) is 0 Å². The van der Waals surface area contributed by atoms with Gasteiger partial charge in [-0.15, -0.1) is 0 Å². The largest absolute Gasteiger partial charge is 0.398 e. The van der Waals surface area contributed by atoms with Crippen molar-refractivity contribution in [3.05, 3.63) is 29.6 Å². The molecule has 4 N–H and O–H groups in total. The van der Waals surface area contributed by atoms with E-state index >= 15 is 0 Å². The van der Waals surface area contributed by atoms with Gasteiger partial charge in [-0.05, 0) is 31.0 Å². The number of anilines is 1. The topological polar surface area (TPSA) is 84.6 Å². The number of hydrogen-bond donors (Lipinski definition) is 3. The summed E-state index contributed by atoms with van der Waals surface area (Å²) in [7, 11) is 0. The number of nitrogen functional groups attached to an aromatic ring is 1. The molecule has 1 saturated heterocycles. The number of carbonyl (C=O) groups is 1. The predicted molar refractivity (Wildman–Crippen MR) is 68.1 cm³/mol. The summed E-state index contributed by atoms with van der Waals surface area (Å²) in [5.41, 5.74) is 5.24. The van der Waals surface area contributed by atoms with Crippen LogP contribution < -0.4 is 11.1 Å². The molecule has 1 heterocycles. The average molecular weight is 268 g/mol. The summed E-state index contributed by atoms with van der Waals surface area (Å²) < 4.78 is 18.4. The normalized spacial score (nSPS) is 18.0. The molecule has 0 aliphatic carbocycles. The van der Waals surface area contributed by atoms with Crippen LogP contribution in [-0.2, 0) is 4.74 Å². The molecule has 0 bridgehead atoms. The van der Waals surface area contributed by atoms with Crippen LogP contribution >= 0.6 is 0 Å². The SMILES string of the molecule is Nc1ccc(F)cc1C(=O)NC1(CO)CCOCC1. The maximum atomic E-state index is 13.2. The van der Waals surface area contributed by atoms with Gasteiger partial charge < -0.3 is 20.9 Å². The smallest absolute Gasteiger partial charge is 0.253 e. The molecular formula is C13H17FN2O3. The van der Waals surface area contributed by atoms with Gasteiger partial charge in [-0.1, -0.05) is 0 Å². The lowest BCUT2D eigenvalue weighted by Gasteiger charge is -2.36. The average Bonchev–Trinajstić information content (AvgIpc) is 2.42. The molecule has 0 radical (unpaired) electrons. The third-order valence-corrected chi connectivity index (χ3v) is 3.39. The van der Waals surface area contributed by atoms with E-state index in [-0.39, 0.29) is 17.9 Å². The molecule has 1 aromatic carbocycles. The first-order valence-corrected chi connectivity index (χ1v) is 6.12. The van der Waals surface area contributed by atoms with Crippen LogP contribution in [0.3, 0.4) is 0 Å². The van der Waals surface area contributed by atoms with E-state index in [0.717, 1.165) is 6.07 Å². The zero-order valence-electron chi connectivity index (χ0n) is 10.5. The molecule has 1 aromatic rings. The van der Waals surface area contributed by atoms with Crippen molar-refractivity contribution in [3.8, 4) is 0 Å². The van der Waals surface area contributed by atoms with Gasteiger partial charge in [0.1, 0.15) is 5.82 Å². The van der Waals surface area contributed by atoms with Gasteiger partial charge in [0.25, 0.3) is 5.91 Å². The van der Waals surface area contributed by atoms with Crippen molar-refractivity contribution in [2.45, 2.75) is 18.4 Å². The molecule has 1 aliphatic rings. The molecule has 2 rings (SSSR count). The minimum atomic E-state index is -0.714. The number of benzene rings is 1. The summed E-state index contributed by atoms with van der Waals surface area (Å²) in [5, 5.41) is 12.2. The van der Waals surface area contributed by atoms with Gasteiger partial charge in [0.05, 0.1) is 17.7 Å². The third-order valence-electron chi connectivity index (χ3n) is 3.39. The molecule has 104 valence electrons. The molecule has 19 heavy (non-hydrogen) atoms. The summed E-state index contributed by atoms with van der Waals surface area (Å²) in [5.74, 6) is -1.00. The molecular weight excluding hydrogens is 251 g/mol. The Kier molecular flexibility index (Phi) is 4.01. The van der Waals surface area contributed by atoms with Crippen molar-refractivity contribution >= 4 is 11.6 Å². The lowest BCUT2D eigenvalue weighted by Crippen LogP contribution is -2.54. The van der Waals surface area contributed by atoms with E-state index in [1.54, 1.807) is 0 Å². The number of rotatable bonds is 3. The zero-order chi connectivity index (χ0) is 13.9. The van der Waals surface area contributed by atoms with E-state index in [1.165, 1.54) is 12.1 Å². The molecule has 0 aromatic heterocycles. The summed E-state index contributed by atoms with van der Waals surface area (Å²) >= 11 is 0. The second kappa shape index (κ2) is 5.54. The number of nitrogens with two attached hydrogens (primary N) is 1. The first-order chi connectivity index (χ1) is 9.06. The number of nitrogens with one attached hydrogen (secondary N) is 1. The van der Waals surface area contributed by atoms with Crippen LogP contribution in [0.15, 0.2) is 18.2 Å². The van der Waals surface area contributed by atoms with Crippen LogP contribution in [0.5, 0.6) is 0 Å². The Hall–Kier alpha value is -1.66. The second-order valence-electron chi connectivity index (χ2n) is 4.74. The highest BCUT2D eigenvalue weighted by molar-refractivity contribution is 5.99. The first-order valence-electron chi connectivity index (χ1n) is 6.12. The van der Waals surface area contributed by atoms with Crippen molar-refractivity contribution in [2.75, 3.05) is 25.6 Å².